The molecule has 0 amide bonds. The first-order chi connectivity index (χ1) is 9.52. The van der Waals surface area contributed by atoms with Gasteiger partial charge in [-0.05, 0) is 24.6 Å². The van der Waals surface area contributed by atoms with Crippen LogP contribution >= 0.6 is 15.9 Å². The number of ether oxygens (including phenoxy) is 1. The summed E-state index contributed by atoms with van der Waals surface area (Å²) in [6.45, 7) is 1.82. The van der Waals surface area contributed by atoms with Gasteiger partial charge in [-0.3, -0.25) is 0 Å². The summed E-state index contributed by atoms with van der Waals surface area (Å²) in [4.78, 5) is 0. The Bertz CT molecular complexity index is 617. The van der Waals surface area contributed by atoms with E-state index < -0.39 is 17.7 Å². The van der Waals surface area contributed by atoms with Crippen LogP contribution < -0.4 is 4.74 Å². The predicted octanol–water partition coefficient (Wildman–Crippen LogP) is 4.96. The third kappa shape index (κ3) is 3.16. The molecule has 0 unspecified atom stereocenters. The summed E-state index contributed by atoms with van der Waals surface area (Å²) < 4.78 is 32.8. The van der Waals surface area contributed by atoms with E-state index in [-0.39, 0.29) is 5.75 Å². The van der Waals surface area contributed by atoms with Crippen LogP contribution in [0.3, 0.4) is 0 Å². The Balaban J connectivity index is 2.40. The molecule has 0 fully saturated rings. The van der Waals surface area contributed by atoms with Crippen LogP contribution in [0, 0.1) is 11.6 Å². The van der Waals surface area contributed by atoms with Crippen molar-refractivity contribution in [3.05, 3.63) is 58.1 Å². The van der Waals surface area contributed by atoms with Gasteiger partial charge >= 0.3 is 0 Å². The van der Waals surface area contributed by atoms with E-state index in [1.807, 2.05) is 6.92 Å². The number of aliphatic hydroxyl groups excluding tert-OH is 1. The number of para-hydroxylation sites is 1. The molecular formula is C15H13BrF2O2. The molecule has 0 aliphatic rings. The summed E-state index contributed by atoms with van der Waals surface area (Å²) in [6, 6.07) is 9.11. The zero-order chi connectivity index (χ0) is 14.7. The summed E-state index contributed by atoms with van der Waals surface area (Å²) in [5.41, 5.74) is 0.537. The van der Waals surface area contributed by atoms with E-state index in [0.29, 0.717) is 22.2 Å². The maximum Gasteiger partial charge on any atom is 0.201 e. The lowest BCUT2D eigenvalue weighted by Gasteiger charge is -2.15. The number of hydrogen-bond acceptors (Lipinski definition) is 2. The maximum atomic E-state index is 13.7. The van der Waals surface area contributed by atoms with Crippen molar-refractivity contribution in [2.75, 3.05) is 0 Å². The third-order valence-electron chi connectivity index (χ3n) is 2.84. The fourth-order valence-corrected chi connectivity index (χ4v) is 2.20. The lowest BCUT2D eigenvalue weighted by Crippen LogP contribution is -2.00. The van der Waals surface area contributed by atoms with E-state index in [1.54, 1.807) is 24.3 Å². The quantitative estimate of drug-likeness (QED) is 0.795. The zero-order valence-electron chi connectivity index (χ0n) is 10.7. The second-order valence-electron chi connectivity index (χ2n) is 4.26. The summed E-state index contributed by atoms with van der Waals surface area (Å²) in [6.07, 6.45) is -0.221. The van der Waals surface area contributed by atoms with Crippen LogP contribution in [0.4, 0.5) is 8.78 Å². The minimum absolute atomic E-state index is 0.229. The standard InChI is InChI=1S/C15H13BrF2O2/c1-2-12(19)10-5-3-4-6-13(10)20-14-8-9(16)7-11(17)15(14)18/h3-8,12,19H,2H2,1H3/t12-/m1/s1. The highest BCUT2D eigenvalue weighted by Crippen LogP contribution is 2.34. The number of hydrogen-bond donors (Lipinski definition) is 1. The molecular weight excluding hydrogens is 330 g/mol. The van der Waals surface area contributed by atoms with Crippen LogP contribution in [-0.2, 0) is 0 Å². The highest BCUT2D eigenvalue weighted by atomic mass is 79.9. The Morgan fingerprint density at radius 1 is 1.20 bits per heavy atom. The summed E-state index contributed by atoms with van der Waals surface area (Å²) in [5, 5.41) is 9.91. The Morgan fingerprint density at radius 2 is 1.90 bits per heavy atom. The lowest BCUT2D eigenvalue weighted by atomic mass is 10.1. The minimum Gasteiger partial charge on any atom is -0.454 e. The molecule has 2 rings (SSSR count). The third-order valence-corrected chi connectivity index (χ3v) is 3.30. The van der Waals surface area contributed by atoms with Crippen molar-refractivity contribution in [3.8, 4) is 11.5 Å². The van der Waals surface area contributed by atoms with Crippen molar-refractivity contribution >= 4 is 15.9 Å². The molecule has 1 atom stereocenters. The predicted molar refractivity (Wildman–Crippen MR) is 75.8 cm³/mol. The molecule has 0 heterocycles. The van der Waals surface area contributed by atoms with Gasteiger partial charge in [0.15, 0.2) is 11.6 Å². The Labute approximate surface area is 124 Å². The van der Waals surface area contributed by atoms with E-state index in [9.17, 15) is 13.9 Å². The van der Waals surface area contributed by atoms with Gasteiger partial charge in [-0.15, -0.1) is 0 Å². The van der Waals surface area contributed by atoms with Crippen LogP contribution in [-0.4, -0.2) is 5.11 Å². The van der Waals surface area contributed by atoms with E-state index in [4.69, 9.17) is 4.74 Å². The van der Waals surface area contributed by atoms with E-state index in [0.717, 1.165) is 6.07 Å². The zero-order valence-corrected chi connectivity index (χ0v) is 12.3. The largest absolute Gasteiger partial charge is 0.454 e. The van der Waals surface area contributed by atoms with E-state index in [2.05, 4.69) is 15.9 Å². The second kappa shape index (κ2) is 6.33. The maximum absolute atomic E-state index is 13.7. The van der Waals surface area contributed by atoms with Crippen molar-refractivity contribution in [3.63, 3.8) is 0 Å². The molecule has 0 saturated carbocycles. The van der Waals surface area contributed by atoms with E-state index in [1.165, 1.54) is 6.07 Å². The number of benzene rings is 2. The van der Waals surface area contributed by atoms with Gasteiger partial charge in [0.25, 0.3) is 0 Å². The van der Waals surface area contributed by atoms with Crippen LogP contribution in [0.25, 0.3) is 0 Å². The molecule has 0 radical (unpaired) electrons. The van der Waals surface area contributed by atoms with Gasteiger partial charge in [-0.1, -0.05) is 41.1 Å². The van der Waals surface area contributed by atoms with Crippen LogP contribution in [0.5, 0.6) is 11.5 Å². The average Bonchev–Trinajstić information content (AvgIpc) is 2.44. The highest BCUT2D eigenvalue weighted by Gasteiger charge is 2.16. The van der Waals surface area contributed by atoms with Gasteiger partial charge in [0.05, 0.1) is 6.10 Å². The van der Waals surface area contributed by atoms with Crippen molar-refractivity contribution in [2.45, 2.75) is 19.4 Å². The summed E-state index contributed by atoms with van der Waals surface area (Å²) in [7, 11) is 0. The van der Waals surface area contributed by atoms with Gasteiger partial charge in [0, 0.05) is 10.0 Å². The molecule has 0 aromatic heterocycles. The van der Waals surface area contributed by atoms with Crippen LogP contribution in [0.15, 0.2) is 40.9 Å². The molecule has 2 aromatic carbocycles. The van der Waals surface area contributed by atoms with E-state index >= 15 is 0 Å². The molecule has 0 saturated heterocycles. The molecule has 1 N–H and O–H groups in total. The van der Waals surface area contributed by atoms with Crippen molar-refractivity contribution in [1.82, 2.24) is 0 Å². The SMILES string of the molecule is CC[C@@H](O)c1ccccc1Oc1cc(Br)cc(F)c1F. The normalized spacial score (nSPS) is 12.2. The number of aliphatic hydroxyl groups is 1. The fraction of sp³-hybridized carbons (Fsp3) is 0.200. The van der Waals surface area contributed by atoms with Gasteiger partial charge in [-0.2, -0.15) is 4.39 Å². The second-order valence-corrected chi connectivity index (χ2v) is 5.18. The van der Waals surface area contributed by atoms with Gasteiger partial charge in [0.2, 0.25) is 5.82 Å². The van der Waals surface area contributed by atoms with Crippen molar-refractivity contribution < 1.29 is 18.6 Å². The molecule has 0 bridgehead atoms. The summed E-state index contributed by atoms with van der Waals surface area (Å²) >= 11 is 3.09. The molecule has 0 aliphatic heterocycles. The molecule has 20 heavy (non-hydrogen) atoms. The average molecular weight is 343 g/mol. The molecule has 5 heteroatoms. The monoisotopic (exact) mass is 342 g/mol. The van der Waals surface area contributed by atoms with Gasteiger partial charge < -0.3 is 9.84 Å². The minimum atomic E-state index is -1.06. The topological polar surface area (TPSA) is 29.5 Å². The lowest BCUT2D eigenvalue weighted by molar-refractivity contribution is 0.170. The fourth-order valence-electron chi connectivity index (χ4n) is 1.79. The first kappa shape index (κ1) is 14.9. The summed E-state index contributed by atoms with van der Waals surface area (Å²) in [5.74, 6) is -1.98. The van der Waals surface area contributed by atoms with Crippen LogP contribution in [0.1, 0.15) is 25.0 Å². The van der Waals surface area contributed by atoms with Gasteiger partial charge in [0.1, 0.15) is 5.75 Å². The first-order valence-corrected chi connectivity index (χ1v) is 6.91. The Hall–Kier alpha value is -1.46. The molecule has 0 spiro atoms. The first-order valence-electron chi connectivity index (χ1n) is 6.12. The Morgan fingerprint density at radius 3 is 2.60 bits per heavy atom. The molecule has 2 nitrogen and oxygen atoms in total. The Kier molecular flexibility index (Phi) is 4.73. The van der Waals surface area contributed by atoms with Crippen molar-refractivity contribution in [1.29, 1.82) is 0 Å². The molecule has 2 aromatic rings. The molecule has 106 valence electrons. The van der Waals surface area contributed by atoms with Crippen LogP contribution in [0.2, 0.25) is 0 Å². The number of rotatable bonds is 4. The van der Waals surface area contributed by atoms with Gasteiger partial charge in [-0.25, -0.2) is 4.39 Å². The van der Waals surface area contributed by atoms with Crippen molar-refractivity contribution in [2.24, 2.45) is 0 Å². The smallest absolute Gasteiger partial charge is 0.201 e. The highest BCUT2D eigenvalue weighted by molar-refractivity contribution is 9.10. The number of halogens is 3. The molecule has 0 aliphatic carbocycles.